The number of amides is 3. The highest BCUT2D eigenvalue weighted by Crippen LogP contribution is 2.34. The topological polar surface area (TPSA) is 118 Å². The van der Waals surface area contributed by atoms with E-state index >= 15 is 0 Å². The van der Waals surface area contributed by atoms with Crippen molar-refractivity contribution in [2.75, 3.05) is 23.8 Å². The molecule has 0 radical (unpaired) electrons. The van der Waals surface area contributed by atoms with Gasteiger partial charge in [-0.05, 0) is 83.6 Å². The first kappa shape index (κ1) is 27.5. The summed E-state index contributed by atoms with van der Waals surface area (Å²) in [7, 11) is 0. The molecular weight excluding hydrogens is 601 g/mol. The van der Waals surface area contributed by atoms with Crippen molar-refractivity contribution in [3.05, 3.63) is 81.4 Å². The Morgan fingerprint density at radius 3 is 2.41 bits per heavy atom. The zero-order chi connectivity index (χ0) is 26.8. The lowest BCUT2D eigenvalue weighted by Gasteiger charge is -2.14. The minimum atomic E-state index is -1.09. The molecule has 0 aromatic heterocycles. The smallest absolute Gasteiger partial charge is 0.329 e. The number of hydrazone groups is 1. The molecule has 3 N–H and O–H groups in total. The van der Waals surface area contributed by atoms with Gasteiger partial charge in [-0.15, -0.1) is 0 Å². The molecule has 0 heterocycles. The van der Waals surface area contributed by atoms with Crippen molar-refractivity contribution in [1.29, 1.82) is 0 Å². The van der Waals surface area contributed by atoms with E-state index in [-0.39, 0.29) is 12.3 Å². The van der Waals surface area contributed by atoms with Crippen LogP contribution in [0.4, 0.5) is 20.2 Å². The third-order valence-electron chi connectivity index (χ3n) is 4.52. The van der Waals surface area contributed by atoms with E-state index < -0.39 is 29.4 Å². The largest absolute Gasteiger partial charge is 0.490 e. The lowest BCUT2D eigenvalue weighted by molar-refractivity contribution is -0.136. The maximum atomic E-state index is 13.6. The van der Waals surface area contributed by atoms with Crippen LogP contribution in [0.3, 0.4) is 0 Å². The van der Waals surface area contributed by atoms with Crippen LogP contribution < -0.4 is 25.5 Å². The summed E-state index contributed by atoms with van der Waals surface area (Å²) in [5.74, 6) is -3.08. The summed E-state index contributed by atoms with van der Waals surface area (Å²) in [4.78, 5) is 36.1. The first-order chi connectivity index (χ1) is 17.8. The number of carbonyl (C=O) groups is 3. The molecule has 192 valence electrons. The van der Waals surface area contributed by atoms with Gasteiger partial charge in [-0.3, -0.25) is 14.4 Å². The van der Waals surface area contributed by atoms with Crippen LogP contribution in [0.2, 0.25) is 0 Å². The molecule has 0 fully saturated rings. The van der Waals surface area contributed by atoms with E-state index in [9.17, 15) is 23.2 Å². The Bertz CT molecular complexity index is 1320. The molecule has 0 aliphatic carbocycles. The zero-order valence-electron chi connectivity index (χ0n) is 19.4. The van der Waals surface area contributed by atoms with Crippen LogP contribution in [0.5, 0.6) is 11.5 Å². The molecule has 3 rings (SSSR count). The van der Waals surface area contributed by atoms with E-state index in [2.05, 4.69) is 21.2 Å². The molecule has 3 aromatic carbocycles. The van der Waals surface area contributed by atoms with E-state index in [1.807, 2.05) is 22.6 Å². The van der Waals surface area contributed by atoms with Gasteiger partial charge in [0.2, 0.25) is 0 Å². The van der Waals surface area contributed by atoms with Gasteiger partial charge >= 0.3 is 11.8 Å². The minimum absolute atomic E-state index is 0.135. The number of carbonyl (C=O) groups excluding carboxylic acids is 3. The number of hydrogen-bond donors (Lipinski definition) is 3. The first-order valence-corrected chi connectivity index (χ1v) is 11.9. The van der Waals surface area contributed by atoms with Crippen molar-refractivity contribution in [1.82, 2.24) is 5.43 Å². The van der Waals surface area contributed by atoms with Crippen molar-refractivity contribution in [2.24, 2.45) is 5.10 Å². The number of rotatable bonds is 9. The van der Waals surface area contributed by atoms with E-state index in [0.29, 0.717) is 32.9 Å². The average molecular weight is 622 g/mol. The summed E-state index contributed by atoms with van der Waals surface area (Å²) < 4.78 is 38.5. The first-order valence-electron chi connectivity index (χ1n) is 10.8. The molecule has 0 aliphatic heterocycles. The molecule has 0 atom stereocenters. The number of halogens is 3. The Kier molecular flexibility index (Phi) is 9.89. The molecule has 3 amide bonds. The summed E-state index contributed by atoms with van der Waals surface area (Å²) in [6.07, 6.45) is 1.28. The van der Waals surface area contributed by atoms with Gasteiger partial charge in [-0.25, -0.2) is 14.2 Å². The highest BCUT2D eigenvalue weighted by Gasteiger charge is 2.16. The maximum absolute atomic E-state index is 13.6. The number of anilines is 2. The fourth-order valence-corrected chi connectivity index (χ4v) is 3.67. The van der Waals surface area contributed by atoms with Crippen molar-refractivity contribution < 1.29 is 32.6 Å². The molecule has 0 unspecified atom stereocenters. The summed E-state index contributed by atoms with van der Waals surface area (Å²) in [6.45, 7) is 1.75. The molecule has 0 saturated heterocycles. The second-order valence-electron chi connectivity index (χ2n) is 7.24. The maximum Gasteiger partial charge on any atom is 0.329 e. The number of para-hydroxylation sites is 1. The predicted molar refractivity (Wildman–Crippen MR) is 142 cm³/mol. The normalized spacial score (nSPS) is 10.6. The Labute approximate surface area is 224 Å². The van der Waals surface area contributed by atoms with Gasteiger partial charge in [-0.1, -0.05) is 12.1 Å². The molecule has 12 heteroatoms. The van der Waals surface area contributed by atoms with Gasteiger partial charge < -0.3 is 20.1 Å². The number of nitrogens with one attached hydrogen (secondary N) is 3. The van der Waals surface area contributed by atoms with Gasteiger partial charge in [0.05, 0.1) is 22.1 Å². The van der Waals surface area contributed by atoms with Gasteiger partial charge in [-0.2, -0.15) is 5.10 Å². The SMILES string of the molecule is CCOc1cc(/C=N\NC(=O)C(=O)Nc2ccccc2F)cc(I)c1OCC(=O)Nc1ccc(F)cc1. The van der Waals surface area contributed by atoms with Crippen LogP contribution in [0.15, 0.2) is 65.8 Å². The van der Waals surface area contributed by atoms with E-state index in [1.54, 1.807) is 19.1 Å². The number of ether oxygens (including phenoxy) is 2. The number of hydrogen-bond acceptors (Lipinski definition) is 6. The highest BCUT2D eigenvalue weighted by molar-refractivity contribution is 14.1. The van der Waals surface area contributed by atoms with Crippen molar-refractivity contribution in [3.63, 3.8) is 0 Å². The molecule has 0 spiro atoms. The molecule has 37 heavy (non-hydrogen) atoms. The highest BCUT2D eigenvalue weighted by atomic mass is 127. The number of nitrogens with zero attached hydrogens (tertiary/aromatic N) is 1. The van der Waals surface area contributed by atoms with Gasteiger partial charge in [0.15, 0.2) is 18.1 Å². The van der Waals surface area contributed by atoms with Crippen LogP contribution in [-0.4, -0.2) is 37.1 Å². The third-order valence-corrected chi connectivity index (χ3v) is 5.32. The predicted octanol–water partition coefficient (Wildman–Crippen LogP) is 4.07. The van der Waals surface area contributed by atoms with Crippen molar-refractivity contribution in [3.8, 4) is 11.5 Å². The summed E-state index contributed by atoms with van der Waals surface area (Å²) in [5.41, 5.74) is 2.86. The lowest BCUT2D eigenvalue weighted by atomic mass is 10.2. The molecule has 0 bridgehead atoms. The Morgan fingerprint density at radius 2 is 1.70 bits per heavy atom. The Hall–Kier alpha value is -4.07. The molecule has 3 aromatic rings. The molecular formula is C25H21F2IN4O5. The molecule has 0 aliphatic rings. The lowest BCUT2D eigenvalue weighted by Crippen LogP contribution is -2.32. The van der Waals surface area contributed by atoms with Gasteiger partial charge in [0.25, 0.3) is 5.91 Å². The monoisotopic (exact) mass is 622 g/mol. The van der Waals surface area contributed by atoms with Crippen LogP contribution in [0.25, 0.3) is 0 Å². The van der Waals surface area contributed by atoms with Crippen LogP contribution in [0.1, 0.15) is 12.5 Å². The zero-order valence-corrected chi connectivity index (χ0v) is 21.5. The molecule has 0 saturated carbocycles. The second-order valence-corrected chi connectivity index (χ2v) is 8.40. The van der Waals surface area contributed by atoms with Gasteiger partial charge in [0.1, 0.15) is 11.6 Å². The summed E-state index contributed by atoms with van der Waals surface area (Å²) >= 11 is 1.99. The van der Waals surface area contributed by atoms with E-state index in [4.69, 9.17) is 9.47 Å². The minimum Gasteiger partial charge on any atom is -0.490 e. The van der Waals surface area contributed by atoms with Crippen LogP contribution >= 0.6 is 22.6 Å². The quantitative estimate of drug-likeness (QED) is 0.144. The summed E-state index contributed by atoms with van der Waals surface area (Å²) in [6, 6.07) is 14.0. The third kappa shape index (κ3) is 8.24. The fraction of sp³-hybridized carbons (Fsp3) is 0.120. The van der Waals surface area contributed by atoms with Crippen molar-refractivity contribution >= 4 is 57.9 Å². The second kappa shape index (κ2) is 13.3. The van der Waals surface area contributed by atoms with Crippen LogP contribution in [-0.2, 0) is 14.4 Å². The fourth-order valence-electron chi connectivity index (χ4n) is 2.89. The Balaban J connectivity index is 1.61. The van der Waals surface area contributed by atoms with Crippen molar-refractivity contribution in [2.45, 2.75) is 6.92 Å². The van der Waals surface area contributed by atoms with E-state index in [1.165, 1.54) is 48.7 Å². The number of benzene rings is 3. The average Bonchev–Trinajstić information content (AvgIpc) is 2.86. The molecule has 9 nitrogen and oxygen atoms in total. The summed E-state index contributed by atoms with van der Waals surface area (Å²) in [5, 5.41) is 8.51. The van der Waals surface area contributed by atoms with Gasteiger partial charge in [0, 0.05) is 5.69 Å². The Morgan fingerprint density at radius 1 is 0.973 bits per heavy atom. The van der Waals surface area contributed by atoms with Crippen LogP contribution in [0, 0.1) is 15.2 Å². The van der Waals surface area contributed by atoms with E-state index in [0.717, 1.165) is 6.07 Å². The standard InChI is InChI=1S/C25H21F2IN4O5/c1-2-36-21-12-15(13-29-32-25(35)24(34)31-20-6-4-3-5-18(20)27)11-19(28)23(21)37-14-22(33)30-17-9-7-16(26)8-10-17/h3-13H,2,14H2,1H3,(H,30,33)(H,31,34)(H,32,35)/b29-13-.